The Bertz CT molecular complexity index is 353. The minimum absolute atomic E-state index is 0.106. The van der Waals surface area contributed by atoms with E-state index < -0.39 is 28.1 Å². The second-order valence-electron chi connectivity index (χ2n) is 3.18. The van der Waals surface area contributed by atoms with Gasteiger partial charge in [-0.25, -0.2) is 18.4 Å². The molecule has 8 nitrogen and oxygen atoms in total. The third-order valence-electron chi connectivity index (χ3n) is 1.61. The zero-order valence-electron chi connectivity index (χ0n) is 8.76. The molecule has 5 N–H and O–H groups in total. The van der Waals surface area contributed by atoms with Gasteiger partial charge in [-0.05, 0) is 13.3 Å². The second kappa shape index (κ2) is 6.28. The van der Waals surface area contributed by atoms with Gasteiger partial charge in [-0.15, -0.1) is 0 Å². The first-order valence-corrected chi connectivity index (χ1v) is 6.21. The first kappa shape index (κ1) is 14.6. The number of nitrogens with two attached hydrogens (primary N) is 1. The summed E-state index contributed by atoms with van der Waals surface area (Å²) in [5, 5.41) is 17.7. The summed E-state index contributed by atoms with van der Waals surface area (Å²) in [6, 6.07) is -1.66. The topological polar surface area (TPSA) is 139 Å². The van der Waals surface area contributed by atoms with Gasteiger partial charge in [0.15, 0.2) is 0 Å². The van der Waals surface area contributed by atoms with Crippen LogP contribution in [0.5, 0.6) is 0 Å². The molecule has 0 aromatic carbocycles. The van der Waals surface area contributed by atoms with Crippen molar-refractivity contribution in [3.8, 4) is 0 Å². The number of carbonyl (C=O) groups excluding carboxylic acids is 1. The third-order valence-corrected chi connectivity index (χ3v) is 2.47. The maximum atomic E-state index is 11.0. The molecule has 0 aromatic heterocycles. The van der Waals surface area contributed by atoms with E-state index in [0.29, 0.717) is 0 Å². The first-order chi connectivity index (χ1) is 7.22. The largest absolute Gasteiger partial charge is 0.480 e. The van der Waals surface area contributed by atoms with E-state index in [1.165, 1.54) is 6.92 Å². The fourth-order valence-electron chi connectivity index (χ4n) is 0.785. The molecular weight excluding hydrogens is 238 g/mol. The molecule has 0 aliphatic carbocycles. The van der Waals surface area contributed by atoms with E-state index >= 15 is 0 Å². The van der Waals surface area contributed by atoms with E-state index in [1.807, 2.05) is 0 Å². The molecule has 0 aliphatic rings. The molecule has 0 heterocycles. The molecule has 0 spiro atoms. The van der Waals surface area contributed by atoms with Crippen molar-refractivity contribution >= 4 is 22.0 Å². The Morgan fingerprint density at radius 1 is 1.44 bits per heavy atom. The fourth-order valence-corrected chi connectivity index (χ4v) is 1.33. The van der Waals surface area contributed by atoms with Gasteiger partial charge in [0, 0.05) is 6.54 Å². The van der Waals surface area contributed by atoms with E-state index in [-0.39, 0.29) is 18.7 Å². The summed E-state index contributed by atoms with van der Waals surface area (Å²) in [6.45, 7) is 1.42. The van der Waals surface area contributed by atoms with Crippen molar-refractivity contribution in [1.29, 1.82) is 0 Å². The van der Waals surface area contributed by atoms with Gasteiger partial charge in [0.2, 0.25) is 10.0 Å². The van der Waals surface area contributed by atoms with E-state index in [0.717, 1.165) is 0 Å². The van der Waals surface area contributed by atoms with Gasteiger partial charge < -0.3 is 15.7 Å². The number of nitrogens with one attached hydrogen (secondary N) is 2. The Labute approximate surface area is 93.2 Å². The maximum Gasteiger partial charge on any atom is 0.325 e. The average Bonchev–Trinajstić information content (AvgIpc) is 2.10. The number of hydrogen-bond acceptors (Lipinski definition) is 4. The molecular formula is C7H15N3O5S. The molecule has 0 unspecified atom stereocenters. The van der Waals surface area contributed by atoms with E-state index in [2.05, 4.69) is 10.6 Å². The molecule has 0 rings (SSSR count). The summed E-state index contributed by atoms with van der Waals surface area (Å²) >= 11 is 0. The molecule has 0 bridgehead atoms. The number of amides is 2. The Kier molecular flexibility index (Phi) is 5.75. The van der Waals surface area contributed by atoms with Gasteiger partial charge in [0.25, 0.3) is 0 Å². The van der Waals surface area contributed by atoms with Gasteiger partial charge in [0.05, 0.1) is 5.75 Å². The summed E-state index contributed by atoms with van der Waals surface area (Å²) < 4.78 is 21.0. The molecule has 2 amide bonds. The van der Waals surface area contributed by atoms with Crippen molar-refractivity contribution in [3.05, 3.63) is 0 Å². The van der Waals surface area contributed by atoms with Crippen molar-refractivity contribution in [2.75, 3.05) is 12.3 Å². The molecule has 0 saturated heterocycles. The summed E-state index contributed by atoms with van der Waals surface area (Å²) in [4.78, 5) is 21.4. The highest BCUT2D eigenvalue weighted by molar-refractivity contribution is 7.89. The van der Waals surface area contributed by atoms with Gasteiger partial charge >= 0.3 is 12.0 Å². The third kappa shape index (κ3) is 8.00. The quantitative estimate of drug-likeness (QED) is 0.424. The lowest BCUT2D eigenvalue weighted by Crippen LogP contribution is -2.44. The normalized spacial score (nSPS) is 12.9. The highest BCUT2D eigenvalue weighted by Crippen LogP contribution is 1.84. The molecule has 0 aromatic rings. The number of carbonyl (C=O) groups is 2. The molecule has 0 fully saturated rings. The fraction of sp³-hybridized carbons (Fsp3) is 0.714. The van der Waals surface area contributed by atoms with Gasteiger partial charge in [-0.2, -0.15) is 0 Å². The second-order valence-corrected chi connectivity index (χ2v) is 4.91. The highest BCUT2D eigenvalue weighted by atomic mass is 32.2. The number of aliphatic carboxylic acids is 1. The van der Waals surface area contributed by atoms with Crippen LogP contribution in [0.1, 0.15) is 13.3 Å². The van der Waals surface area contributed by atoms with Crippen LogP contribution in [0.3, 0.4) is 0 Å². The van der Waals surface area contributed by atoms with Crippen molar-refractivity contribution in [2.24, 2.45) is 5.14 Å². The number of hydrogen-bond donors (Lipinski definition) is 4. The molecule has 1 atom stereocenters. The van der Waals surface area contributed by atoms with Crippen LogP contribution >= 0.6 is 0 Å². The first-order valence-electron chi connectivity index (χ1n) is 4.50. The Morgan fingerprint density at radius 2 is 2.00 bits per heavy atom. The number of carboxylic acids is 1. The minimum Gasteiger partial charge on any atom is -0.480 e. The molecule has 0 radical (unpaired) electrons. The number of rotatable bonds is 6. The van der Waals surface area contributed by atoms with Crippen molar-refractivity contribution < 1.29 is 23.1 Å². The monoisotopic (exact) mass is 253 g/mol. The predicted molar refractivity (Wildman–Crippen MR) is 56.2 cm³/mol. The van der Waals surface area contributed by atoms with Crippen LogP contribution in [0, 0.1) is 0 Å². The van der Waals surface area contributed by atoms with E-state index in [4.69, 9.17) is 10.2 Å². The number of sulfonamides is 1. The van der Waals surface area contributed by atoms with Crippen molar-refractivity contribution in [2.45, 2.75) is 19.4 Å². The van der Waals surface area contributed by atoms with Crippen LogP contribution in [0.4, 0.5) is 4.79 Å². The molecule has 94 valence electrons. The number of primary sulfonamides is 1. The van der Waals surface area contributed by atoms with Crippen molar-refractivity contribution in [3.63, 3.8) is 0 Å². The lowest BCUT2D eigenvalue weighted by atomic mass is 10.3. The summed E-state index contributed by atoms with van der Waals surface area (Å²) in [5.41, 5.74) is 0. The summed E-state index contributed by atoms with van der Waals surface area (Å²) in [6.07, 6.45) is 0.174. The molecule has 16 heavy (non-hydrogen) atoms. The zero-order chi connectivity index (χ0) is 12.8. The minimum atomic E-state index is -3.52. The van der Waals surface area contributed by atoms with Gasteiger partial charge in [-0.3, -0.25) is 4.79 Å². The molecule has 9 heteroatoms. The van der Waals surface area contributed by atoms with Gasteiger partial charge in [0.1, 0.15) is 6.04 Å². The average molecular weight is 253 g/mol. The van der Waals surface area contributed by atoms with Crippen molar-refractivity contribution in [1.82, 2.24) is 10.6 Å². The van der Waals surface area contributed by atoms with Crippen LogP contribution in [0.2, 0.25) is 0 Å². The van der Waals surface area contributed by atoms with Crippen LogP contribution in [-0.2, 0) is 14.8 Å². The van der Waals surface area contributed by atoms with E-state index in [1.54, 1.807) is 0 Å². The lowest BCUT2D eigenvalue weighted by molar-refractivity contribution is -0.138. The van der Waals surface area contributed by atoms with E-state index in [9.17, 15) is 18.0 Å². The van der Waals surface area contributed by atoms with Crippen LogP contribution in [-0.4, -0.2) is 43.9 Å². The van der Waals surface area contributed by atoms with Crippen LogP contribution < -0.4 is 15.8 Å². The molecule has 0 saturated carbocycles. The predicted octanol–water partition coefficient (Wildman–Crippen LogP) is -1.56. The summed E-state index contributed by atoms with van der Waals surface area (Å²) in [7, 11) is -3.52. The SMILES string of the molecule is C[C@H](NC(=O)NCCCS(N)(=O)=O)C(=O)O. The molecule has 0 aliphatic heterocycles. The highest BCUT2D eigenvalue weighted by Gasteiger charge is 2.13. The Hall–Kier alpha value is -1.35. The standard InChI is InChI=1S/C7H15N3O5S/c1-5(6(11)12)10-7(13)9-3-2-4-16(8,14)15/h5H,2-4H2,1H3,(H,11,12)(H2,8,14,15)(H2,9,10,13)/t5-/m0/s1. The Balaban J connectivity index is 3.71. The van der Waals surface area contributed by atoms with Gasteiger partial charge in [-0.1, -0.05) is 0 Å². The van der Waals surface area contributed by atoms with Crippen LogP contribution in [0.15, 0.2) is 0 Å². The number of carboxylic acid groups (broad SMARTS) is 1. The Morgan fingerprint density at radius 3 is 2.44 bits per heavy atom. The lowest BCUT2D eigenvalue weighted by Gasteiger charge is -2.10. The summed E-state index contributed by atoms with van der Waals surface area (Å²) in [5.74, 6) is -1.39. The zero-order valence-corrected chi connectivity index (χ0v) is 9.58. The smallest absolute Gasteiger partial charge is 0.325 e. The maximum absolute atomic E-state index is 11.0. The van der Waals surface area contributed by atoms with Crippen LogP contribution in [0.25, 0.3) is 0 Å². The number of urea groups is 1.